The number of hydrogen-bond acceptors (Lipinski definition) is 3. The molecule has 1 aromatic heterocycles. The molecule has 0 spiro atoms. The summed E-state index contributed by atoms with van der Waals surface area (Å²) in [5, 5.41) is 5.06. The first-order chi connectivity index (χ1) is 13.7. The standard InChI is InChI=1S/C22H22ClN3O2/c1-28-19-10-8-16(9-11-19)21-7-4-12-26(21)22(27)18-13-24-25(15-18)14-17-5-2-3-6-20(17)23/h2-3,5-6,8-11,13,15,21H,4,7,12,14H2,1H3. The molecular weight excluding hydrogens is 374 g/mol. The van der Waals surface area contributed by atoms with E-state index in [2.05, 4.69) is 5.10 Å². The second-order valence-corrected chi connectivity index (χ2v) is 7.35. The number of amides is 1. The Kier molecular flexibility index (Phi) is 5.35. The van der Waals surface area contributed by atoms with E-state index in [-0.39, 0.29) is 11.9 Å². The summed E-state index contributed by atoms with van der Waals surface area (Å²) in [5.41, 5.74) is 2.71. The molecule has 6 heteroatoms. The molecule has 0 N–H and O–H groups in total. The van der Waals surface area contributed by atoms with Crippen molar-refractivity contribution in [3.63, 3.8) is 0 Å². The summed E-state index contributed by atoms with van der Waals surface area (Å²) in [7, 11) is 1.65. The van der Waals surface area contributed by atoms with Gasteiger partial charge in [0.25, 0.3) is 5.91 Å². The molecule has 1 amide bonds. The third-order valence-corrected chi connectivity index (χ3v) is 5.55. The first kappa shape index (κ1) is 18.6. The van der Waals surface area contributed by atoms with E-state index >= 15 is 0 Å². The van der Waals surface area contributed by atoms with Gasteiger partial charge in [-0.3, -0.25) is 9.48 Å². The van der Waals surface area contributed by atoms with Crippen LogP contribution < -0.4 is 4.74 Å². The fraction of sp³-hybridized carbons (Fsp3) is 0.273. The van der Waals surface area contributed by atoms with Crippen molar-refractivity contribution in [3.8, 4) is 5.75 Å². The summed E-state index contributed by atoms with van der Waals surface area (Å²) < 4.78 is 6.99. The first-order valence-electron chi connectivity index (χ1n) is 9.36. The quantitative estimate of drug-likeness (QED) is 0.635. The second kappa shape index (κ2) is 8.07. The zero-order valence-corrected chi connectivity index (χ0v) is 16.5. The predicted octanol–water partition coefficient (Wildman–Crippen LogP) is 4.57. The van der Waals surface area contributed by atoms with Crippen molar-refractivity contribution in [1.29, 1.82) is 0 Å². The van der Waals surface area contributed by atoms with E-state index < -0.39 is 0 Å². The molecule has 28 heavy (non-hydrogen) atoms. The highest BCUT2D eigenvalue weighted by Crippen LogP contribution is 2.33. The Balaban J connectivity index is 1.50. The average Bonchev–Trinajstić information content (AvgIpc) is 3.39. The molecule has 144 valence electrons. The van der Waals surface area contributed by atoms with Crippen molar-refractivity contribution in [2.75, 3.05) is 13.7 Å². The Morgan fingerprint density at radius 1 is 1.21 bits per heavy atom. The number of carbonyl (C=O) groups is 1. The smallest absolute Gasteiger partial charge is 0.257 e. The normalized spacial score (nSPS) is 16.4. The minimum atomic E-state index is 0.0173. The number of ether oxygens (including phenoxy) is 1. The Morgan fingerprint density at radius 2 is 2.00 bits per heavy atom. The molecule has 0 aliphatic carbocycles. The zero-order chi connectivity index (χ0) is 19.5. The van der Waals surface area contributed by atoms with E-state index in [0.29, 0.717) is 17.1 Å². The lowest BCUT2D eigenvalue weighted by atomic mass is 10.0. The van der Waals surface area contributed by atoms with Gasteiger partial charge in [0.05, 0.1) is 31.5 Å². The molecule has 0 bridgehead atoms. The van der Waals surface area contributed by atoms with Gasteiger partial charge in [-0.05, 0) is 42.2 Å². The Labute approximate surface area is 169 Å². The van der Waals surface area contributed by atoms with Crippen molar-refractivity contribution in [2.45, 2.75) is 25.4 Å². The van der Waals surface area contributed by atoms with Gasteiger partial charge in [-0.1, -0.05) is 41.9 Å². The van der Waals surface area contributed by atoms with Gasteiger partial charge in [0, 0.05) is 17.8 Å². The maximum Gasteiger partial charge on any atom is 0.257 e. The fourth-order valence-corrected chi connectivity index (χ4v) is 3.91. The fourth-order valence-electron chi connectivity index (χ4n) is 3.71. The van der Waals surface area contributed by atoms with Crippen LogP contribution in [0.2, 0.25) is 5.02 Å². The van der Waals surface area contributed by atoms with Crippen LogP contribution in [0.4, 0.5) is 0 Å². The maximum atomic E-state index is 13.1. The minimum absolute atomic E-state index is 0.0173. The van der Waals surface area contributed by atoms with Crippen LogP contribution in [0.25, 0.3) is 0 Å². The van der Waals surface area contributed by atoms with E-state index in [1.165, 1.54) is 0 Å². The van der Waals surface area contributed by atoms with Gasteiger partial charge in [-0.25, -0.2) is 0 Å². The van der Waals surface area contributed by atoms with Gasteiger partial charge >= 0.3 is 0 Å². The lowest BCUT2D eigenvalue weighted by molar-refractivity contribution is 0.0735. The molecule has 3 aromatic rings. The van der Waals surface area contributed by atoms with Crippen molar-refractivity contribution in [2.24, 2.45) is 0 Å². The maximum absolute atomic E-state index is 13.1. The summed E-state index contributed by atoms with van der Waals surface area (Å²) in [4.78, 5) is 15.1. The van der Waals surface area contributed by atoms with E-state index in [1.54, 1.807) is 24.2 Å². The van der Waals surface area contributed by atoms with Gasteiger partial charge in [0.15, 0.2) is 0 Å². The average molecular weight is 396 g/mol. The molecule has 1 fully saturated rings. The molecule has 2 aromatic carbocycles. The monoisotopic (exact) mass is 395 g/mol. The number of hydrogen-bond donors (Lipinski definition) is 0. The number of nitrogens with zero attached hydrogens (tertiary/aromatic N) is 3. The molecular formula is C22H22ClN3O2. The number of halogens is 1. The summed E-state index contributed by atoms with van der Waals surface area (Å²) in [6.07, 6.45) is 5.40. The summed E-state index contributed by atoms with van der Waals surface area (Å²) in [6.45, 7) is 1.29. The number of carbonyl (C=O) groups excluding carboxylic acids is 1. The number of likely N-dealkylation sites (tertiary alicyclic amines) is 1. The minimum Gasteiger partial charge on any atom is -0.497 e. The number of methoxy groups -OCH3 is 1. The Bertz CT molecular complexity index is 968. The molecule has 4 rings (SSSR count). The van der Waals surface area contributed by atoms with E-state index in [1.807, 2.05) is 53.4 Å². The third kappa shape index (κ3) is 3.76. The summed E-state index contributed by atoms with van der Waals surface area (Å²) in [6, 6.07) is 15.7. The van der Waals surface area contributed by atoms with Gasteiger partial charge < -0.3 is 9.64 Å². The lowest BCUT2D eigenvalue weighted by Crippen LogP contribution is -2.30. The third-order valence-electron chi connectivity index (χ3n) is 5.18. The van der Waals surface area contributed by atoms with Crippen LogP contribution in [-0.4, -0.2) is 34.2 Å². The molecule has 1 saturated heterocycles. The van der Waals surface area contributed by atoms with Crippen molar-refractivity contribution >= 4 is 17.5 Å². The van der Waals surface area contributed by atoms with Crippen molar-refractivity contribution < 1.29 is 9.53 Å². The van der Waals surface area contributed by atoms with E-state index in [4.69, 9.17) is 16.3 Å². The molecule has 0 radical (unpaired) electrons. The van der Waals surface area contributed by atoms with Crippen LogP contribution in [0.1, 0.15) is 40.4 Å². The van der Waals surface area contributed by atoms with Gasteiger partial charge in [-0.15, -0.1) is 0 Å². The van der Waals surface area contributed by atoms with Gasteiger partial charge in [-0.2, -0.15) is 5.10 Å². The Morgan fingerprint density at radius 3 is 2.75 bits per heavy atom. The van der Waals surface area contributed by atoms with E-state index in [9.17, 15) is 4.79 Å². The molecule has 1 aliphatic heterocycles. The highest BCUT2D eigenvalue weighted by molar-refractivity contribution is 6.31. The Hall–Kier alpha value is -2.79. The zero-order valence-electron chi connectivity index (χ0n) is 15.7. The largest absolute Gasteiger partial charge is 0.497 e. The second-order valence-electron chi connectivity index (χ2n) is 6.95. The SMILES string of the molecule is COc1ccc(C2CCCN2C(=O)c2cnn(Cc3ccccc3Cl)c2)cc1. The topological polar surface area (TPSA) is 47.4 Å². The van der Waals surface area contributed by atoms with Gasteiger partial charge in [0.2, 0.25) is 0 Å². The van der Waals surface area contributed by atoms with Crippen LogP contribution in [-0.2, 0) is 6.54 Å². The molecule has 5 nitrogen and oxygen atoms in total. The van der Waals surface area contributed by atoms with Crippen LogP contribution in [0, 0.1) is 0 Å². The van der Waals surface area contributed by atoms with Gasteiger partial charge in [0.1, 0.15) is 5.75 Å². The molecule has 1 unspecified atom stereocenters. The highest BCUT2D eigenvalue weighted by atomic mass is 35.5. The lowest BCUT2D eigenvalue weighted by Gasteiger charge is -2.24. The van der Waals surface area contributed by atoms with Crippen LogP contribution in [0.5, 0.6) is 5.75 Å². The summed E-state index contributed by atoms with van der Waals surface area (Å²) >= 11 is 6.23. The number of aromatic nitrogens is 2. The predicted molar refractivity (Wildman–Crippen MR) is 109 cm³/mol. The van der Waals surface area contributed by atoms with Crippen LogP contribution >= 0.6 is 11.6 Å². The van der Waals surface area contributed by atoms with Crippen molar-refractivity contribution in [3.05, 3.63) is 82.6 Å². The number of benzene rings is 2. The summed E-state index contributed by atoms with van der Waals surface area (Å²) in [5.74, 6) is 0.837. The molecule has 1 aliphatic rings. The van der Waals surface area contributed by atoms with Crippen LogP contribution in [0.15, 0.2) is 60.9 Å². The highest BCUT2D eigenvalue weighted by Gasteiger charge is 2.31. The molecule has 2 heterocycles. The van der Waals surface area contributed by atoms with Crippen LogP contribution in [0.3, 0.4) is 0 Å². The number of rotatable bonds is 5. The molecule has 0 saturated carbocycles. The van der Waals surface area contributed by atoms with E-state index in [0.717, 1.165) is 36.3 Å². The molecule has 1 atom stereocenters. The first-order valence-corrected chi connectivity index (χ1v) is 9.74. The van der Waals surface area contributed by atoms with Crippen molar-refractivity contribution in [1.82, 2.24) is 14.7 Å².